The molecule has 1 saturated heterocycles. The highest BCUT2D eigenvalue weighted by atomic mass is 19.4. The fraction of sp³-hybridized carbons (Fsp3) is 0.652. The number of halogens is 3. The molecular weight excluding hydrogens is 419 g/mol. The molecule has 1 amide bonds. The van der Waals surface area contributed by atoms with Crippen molar-refractivity contribution in [1.29, 1.82) is 0 Å². The van der Waals surface area contributed by atoms with Crippen molar-refractivity contribution < 1.29 is 23.3 Å². The normalized spacial score (nSPS) is 35.3. The van der Waals surface area contributed by atoms with Crippen LogP contribution in [0.1, 0.15) is 51.2 Å². The number of likely N-dealkylation sites (tertiary alicyclic amines) is 1. The predicted octanol–water partition coefficient (Wildman–Crippen LogP) is 1.97. The Morgan fingerprint density at radius 1 is 1.38 bits per heavy atom. The number of quaternary nitrogens is 1. The van der Waals surface area contributed by atoms with Crippen LogP contribution in [0.25, 0.3) is 0 Å². The minimum absolute atomic E-state index is 0.0343. The molecule has 1 aromatic rings. The first-order valence-electron chi connectivity index (χ1n) is 11.4. The summed E-state index contributed by atoms with van der Waals surface area (Å²) in [4.78, 5) is 18.2. The predicted molar refractivity (Wildman–Crippen MR) is 113 cm³/mol. The van der Waals surface area contributed by atoms with Crippen molar-refractivity contribution in [1.82, 2.24) is 9.88 Å². The molecule has 5 rings (SSSR count). The standard InChI is InChI=1S/C23H30F3N5O/c1-11(2)30-16(9-21(3,28)12-7-15(23(24,25)26)20(27)29-10-12)22-13-8-14(22)19(18(13)22)31-6-4-5-17(31)32/h7,9-11,13-14,18-19,30H,4-6,8,28H2,1-3H3,(H2,27,29)/p+1. The molecule has 32 heavy (non-hydrogen) atoms. The van der Waals surface area contributed by atoms with Crippen LogP contribution in [0.2, 0.25) is 0 Å². The molecule has 4 aliphatic rings. The maximum atomic E-state index is 13.4. The van der Waals surface area contributed by atoms with Gasteiger partial charge in [0.25, 0.3) is 0 Å². The number of fused-ring (bicyclic) bond motifs is 1. The second-order valence-corrected chi connectivity index (χ2v) is 10.5. The fourth-order valence-electron chi connectivity index (χ4n) is 6.85. The van der Waals surface area contributed by atoms with Crippen LogP contribution < -0.4 is 16.8 Å². The van der Waals surface area contributed by atoms with Crippen LogP contribution in [-0.4, -0.2) is 34.4 Å². The lowest BCUT2D eigenvalue weighted by molar-refractivity contribution is -0.648. The Morgan fingerprint density at radius 2 is 2.09 bits per heavy atom. The van der Waals surface area contributed by atoms with Crippen LogP contribution >= 0.6 is 0 Å². The van der Waals surface area contributed by atoms with E-state index in [-0.39, 0.29) is 22.9 Å². The second kappa shape index (κ2) is 6.70. The zero-order valence-electron chi connectivity index (χ0n) is 18.6. The van der Waals surface area contributed by atoms with Crippen LogP contribution in [0.5, 0.6) is 0 Å². The molecule has 6 nitrogen and oxygen atoms in total. The van der Waals surface area contributed by atoms with E-state index in [1.165, 1.54) is 6.20 Å². The summed E-state index contributed by atoms with van der Waals surface area (Å²) in [6, 6.07) is 1.61. The minimum Gasteiger partial charge on any atom is -0.383 e. The van der Waals surface area contributed by atoms with E-state index in [0.29, 0.717) is 30.2 Å². The van der Waals surface area contributed by atoms with Crippen molar-refractivity contribution in [2.75, 3.05) is 12.3 Å². The number of carbonyl (C=O) groups excluding carboxylic acids is 1. The number of anilines is 1. The Morgan fingerprint density at radius 3 is 2.66 bits per heavy atom. The van der Waals surface area contributed by atoms with Crippen molar-refractivity contribution in [2.45, 2.75) is 63.8 Å². The van der Waals surface area contributed by atoms with E-state index in [0.717, 1.165) is 31.1 Å². The summed E-state index contributed by atoms with van der Waals surface area (Å²) in [6.45, 7) is 6.74. The van der Waals surface area contributed by atoms with Gasteiger partial charge < -0.3 is 21.7 Å². The summed E-state index contributed by atoms with van der Waals surface area (Å²) in [6.07, 6.45) is 1.36. The summed E-state index contributed by atoms with van der Waals surface area (Å²) in [5.74, 6) is 1.12. The molecule has 0 aromatic carbocycles. The topological polar surface area (TPSA) is 102 Å². The Bertz CT molecular complexity index is 996. The third-order valence-electron chi connectivity index (χ3n) is 8.18. The number of rotatable bonds is 6. The van der Waals surface area contributed by atoms with Crippen LogP contribution in [0, 0.1) is 23.2 Å². The van der Waals surface area contributed by atoms with Gasteiger partial charge in [-0.3, -0.25) is 4.79 Å². The number of allylic oxidation sites excluding steroid dienone is 1. The number of nitrogens with two attached hydrogens (primary N) is 3. The van der Waals surface area contributed by atoms with E-state index in [1.807, 2.05) is 6.08 Å². The van der Waals surface area contributed by atoms with E-state index in [9.17, 15) is 18.0 Å². The van der Waals surface area contributed by atoms with Gasteiger partial charge in [0.15, 0.2) is 0 Å². The molecule has 6 N–H and O–H groups in total. The molecule has 174 valence electrons. The molecule has 2 heterocycles. The number of carbonyl (C=O) groups is 1. The van der Waals surface area contributed by atoms with Gasteiger partial charge in [0.2, 0.25) is 5.91 Å². The van der Waals surface area contributed by atoms with Gasteiger partial charge in [0.1, 0.15) is 11.5 Å². The lowest BCUT2D eigenvalue weighted by Gasteiger charge is -2.50. The highest BCUT2D eigenvalue weighted by Crippen LogP contribution is 2.89. The first-order valence-corrected chi connectivity index (χ1v) is 11.4. The lowest BCUT2D eigenvalue weighted by Crippen LogP contribution is -2.89. The number of aromatic nitrogens is 1. The number of pyridine rings is 1. The van der Waals surface area contributed by atoms with E-state index in [1.54, 1.807) is 6.92 Å². The average Bonchev–Trinajstić information content (AvgIpc) is 3.06. The van der Waals surface area contributed by atoms with E-state index in [4.69, 9.17) is 11.5 Å². The quantitative estimate of drug-likeness (QED) is 0.617. The molecule has 3 aliphatic carbocycles. The third-order valence-corrected chi connectivity index (χ3v) is 8.18. The molecule has 0 bridgehead atoms. The molecule has 3 saturated carbocycles. The van der Waals surface area contributed by atoms with Crippen molar-refractivity contribution >= 4 is 11.7 Å². The number of hydrogen-bond acceptors (Lipinski definition) is 4. The molecule has 0 radical (unpaired) electrons. The number of nitrogen functional groups attached to an aromatic ring is 1. The zero-order chi connectivity index (χ0) is 23.2. The number of hydrogen-bond donors (Lipinski definition) is 3. The summed E-state index contributed by atoms with van der Waals surface area (Å²) in [5.41, 5.74) is 11.4. The second-order valence-electron chi connectivity index (χ2n) is 10.5. The Balaban J connectivity index is 1.47. The highest BCUT2D eigenvalue weighted by molar-refractivity contribution is 5.79. The van der Waals surface area contributed by atoms with Crippen LogP contribution in [0.3, 0.4) is 0 Å². The van der Waals surface area contributed by atoms with Gasteiger partial charge in [-0.25, -0.2) is 4.98 Å². The molecule has 1 aliphatic heterocycles. The Hall–Kier alpha value is -2.13. The number of nitrogens with zero attached hydrogens (tertiary/aromatic N) is 2. The van der Waals surface area contributed by atoms with Gasteiger partial charge in [0.05, 0.1) is 22.6 Å². The van der Waals surface area contributed by atoms with Crippen LogP contribution in [-0.2, 0) is 16.5 Å². The van der Waals surface area contributed by atoms with Crippen molar-refractivity contribution in [3.63, 3.8) is 0 Å². The van der Waals surface area contributed by atoms with Gasteiger partial charge in [-0.1, -0.05) is 0 Å². The lowest BCUT2D eigenvalue weighted by atomic mass is 9.59. The van der Waals surface area contributed by atoms with Gasteiger partial charge in [-0.2, -0.15) is 13.2 Å². The summed E-state index contributed by atoms with van der Waals surface area (Å²) >= 11 is 0. The van der Waals surface area contributed by atoms with Gasteiger partial charge >= 0.3 is 6.18 Å². The van der Waals surface area contributed by atoms with Crippen LogP contribution in [0.4, 0.5) is 19.0 Å². The highest BCUT2D eigenvalue weighted by Gasteiger charge is 2.92. The summed E-state index contributed by atoms with van der Waals surface area (Å²) in [7, 11) is 0. The Labute approximate surface area is 185 Å². The monoisotopic (exact) mass is 450 g/mol. The number of alkyl halides is 3. The molecule has 0 spiro atoms. The first kappa shape index (κ1) is 21.7. The maximum Gasteiger partial charge on any atom is 0.419 e. The third kappa shape index (κ3) is 2.86. The summed E-state index contributed by atoms with van der Waals surface area (Å²) in [5, 5.41) is 2.20. The minimum atomic E-state index is -4.59. The van der Waals surface area contributed by atoms with E-state index >= 15 is 0 Å². The maximum absolute atomic E-state index is 13.4. The molecule has 6 unspecified atom stereocenters. The first-order chi connectivity index (χ1) is 14.9. The molecular formula is C23H31F3N5O+. The van der Waals surface area contributed by atoms with Crippen molar-refractivity contribution in [3.8, 4) is 0 Å². The average molecular weight is 451 g/mol. The SMILES string of the molecule is CC(C)[NH2+]C(=CC(C)(N)c1cnc(N)c(C(F)(F)F)c1)C12C3CC1C2C3N1CCCC1=O. The van der Waals surface area contributed by atoms with Gasteiger partial charge in [-0.05, 0) is 69.1 Å². The summed E-state index contributed by atoms with van der Waals surface area (Å²) < 4.78 is 40.1. The molecule has 1 aromatic heterocycles. The molecule has 9 heteroatoms. The smallest absolute Gasteiger partial charge is 0.383 e. The molecule has 6 atom stereocenters. The zero-order valence-corrected chi connectivity index (χ0v) is 18.6. The van der Waals surface area contributed by atoms with Gasteiger partial charge in [0, 0.05) is 25.2 Å². The largest absolute Gasteiger partial charge is 0.419 e. The van der Waals surface area contributed by atoms with E-state index < -0.39 is 23.1 Å². The van der Waals surface area contributed by atoms with Gasteiger partial charge in [-0.15, -0.1) is 0 Å². The van der Waals surface area contributed by atoms with Crippen molar-refractivity contribution in [2.24, 2.45) is 28.9 Å². The van der Waals surface area contributed by atoms with Crippen LogP contribution in [0.15, 0.2) is 24.0 Å². The molecule has 4 fully saturated rings. The van der Waals surface area contributed by atoms with E-state index in [2.05, 4.69) is 29.0 Å². The Kier molecular flexibility index (Phi) is 4.54. The fourth-order valence-corrected chi connectivity index (χ4v) is 6.85. The number of amides is 1. The van der Waals surface area contributed by atoms with Crippen molar-refractivity contribution in [3.05, 3.63) is 35.2 Å².